The first-order chi connectivity index (χ1) is 18.8. The molecule has 4 aromatic rings. The zero-order valence-corrected chi connectivity index (χ0v) is 20.7. The second kappa shape index (κ2) is 9.18. The molecule has 0 fully saturated rings. The highest BCUT2D eigenvalue weighted by Crippen LogP contribution is 2.33. The number of benzene rings is 4. The van der Waals surface area contributed by atoms with Gasteiger partial charge in [-0.2, -0.15) is 0 Å². The van der Waals surface area contributed by atoms with Gasteiger partial charge in [-0.3, -0.25) is 24.0 Å². The smallest absolute Gasteiger partial charge is 0.266 e. The maximum absolute atomic E-state index is 12.9. The van der Waals surface area contributed by atoms with Crippen molar-refractivity contribution in [3.63, 3.8) is 0 Å². The first-order valence-electron chi connectivity index (χ1n) is 12.2. The summed E-state index contributed by atoms with van der Waals surface area (Å²) in [5, 5.41) is 0. The van der Waals surface area contributed by atoms with E-state index in [1.165, 1.54) is 19.1 Å². The number of ketones is 1. The van der Waals surface area contributed by atoms with Gasteiger partial charge >= 0.3 is 0 Å². The predicted octanol–water partition coefficient (Wildman–Crippen LogP) is 5.46. The molecule has 0 aromatic heterocycles. The number of anilines is 2. The van der Waals surface area contributed by atoms with E-state index in [1.807, 2.05) is 0 Å². The van der Waals surface area contributed by atoms with Gasteiger partial charge in [-0.1, -0.05) is 12.1 Å². The van der Waals surface area contributed by atoms with Crippen molar-refractivity contribution in [2.45, 2.75) is 13.5 Å². The van der Waals surface area contributed by atoms with Gasteiger partial charge in [0.1, 0.15) is 17.8 Å². The van der Waals surface area contributed by atoms with Crippen molar-refractivity contribution in [1.29, 1.82) is 0 Å². The molecule has 0 spiro atoms. The van der Waals surface area contributed by atoms with Crippen molar-refractivity contribution in [2.75, 3.05) is 9.80 Å². The van der Waals surface area contributed by atoms with Crippen molar-refractivity contribution in [2.24, 2.45) is 0 Å². The van der Waals surface area contributed by atoms with Crippen LogP contribution in [0.15, 0.2) is 84.9 Å². The quantitative estimate of drug-likeness (QED) is 0.192. The predicted molar refractivity (Wildman–Crippen MR) is 143 cm³/mol. The zero-order chi connectivity index (χ0) is 27.3. The van der Waals surface area contributed by atoms with Gasteiger partial charge in [0.15, 0.2) is 5.78 Å². The van der Waals surface area contributed by atoms with E-state index in [0.717, 1.165) is 16.7 Å². The molecule has 0 radical (unpaired) electrons. The molecule has 0 N–H and O–H groups in total. The maximum Gasteiger partial charge on any atom is 0.266 e. The first kappa shape index (κ1) is 24.0. The SMILES string of the molecule is CC(=O)c1ccc2c(c1)C(=O)N(c1ccc(Oc3ccc(N4Cc5cc(C=O)ccc5C4=O)cc3)cc1)C2=O. The highest BCUT2D eigenvalue weighted by atomic mass is 16.5. The van der Waals surface area contributed by atoms with Gasteiger partial charge in [0, 0.05) is 22.4 Å². The van der Waals surface area contributed by atoms with Crippen molar-refractivity contribution in [3.05, 3.63) is 118 Å². The summed E-state index contributed by atoms with van der Waals surface area (Å²) in [5.41, 5.74) is 3.84. The summed E-state index contributed by atoms with van der Waals surface area (Å²) in [4.78, 5) is 64.1. The van der Waals surface area contributed by atoms with Crippen LogP contribution in [0.3, 0.4) is 0 Å². The molecule has 8 heteroatoms. The maximum atomic E-state index is 12.9. The Morgan fingerprint density at radius 2 is 1.33 bits per heavy atom. The zero-order valence-electron chi connectivity index (χ0n) is 20.7. The van der Waals surface area contributed by atoms with Gasteiger partial charge in [0.05, 0.1) is 23.4 Å². The minimum absolute atomic E-state index is 0.127. The fourth-order valence-electron chi connectivity index (χ4n) is 4.81. The summed E-state index contributed by atoms with van der Waals surface area (Å²) < 4.78 is 5.92. The molecule has 2 aliphatic rings. The van der Waals surface area contributed by atoms with Crippen molar-refractivity contribution < 1.29 is 28.7 Å². The Balaban J connectivity index is 1.15. The molecule has 39 heavy (non-hydrogen) atoms. The van der Waals surface area contributed by atoms with E-state index in [1.54, 1.807) is 77.7 Å². The van der Waals surface area contributed by atoms with Gasteiger partial charge in [0.2, 0.25) is 0 Å². The number of amides is 3. The van der Waals surface area contributed by atoms with Crippen LogP contribution in [0, 0.1) is 0 Å². The standard InChI is InChI=1S/C31H20N2O6/c1-18(35)20-3-13-27-28(15-20)31(38)33(30(27)37)23-6-10-25(11-7-23)39-24-8-4-22(5-9-24)32-16-21-14-19(17-34)2-12-26(21)29(32)36/h2-15,17H,16H2,1H3. The van der Waals surface area contributed by atoms with E-state index in [2.05, 4.69) is 0 Å². The highest BCUT2D eigenvalue weighted by molar-refractivity contribution is 6.34. The summed E-state index contributed by atoms with van der Waals surface area (Å²) >= 11 is 0. The van der Waals surface area contributed by atoms with Crippen molar-refractivity contribution in [1.82, 2.24) is 0 Å². The highest BCUT2D eigenvalue weighted by Gasteiger charge is 2.37. The molecule has 4 aromatic carbocycles. The van der Waals surface area contributed by atoms with Gasteiger partial charge in [-0.25, -0.2) is 4.90 Å². The number of aldehydes is 1. The molecule has 0 bridgehead atoms. The Morgan fingerprint density at radius 3 is 1.97 bits per heavy atom. The summed E-state index contributed by atoms with van der Waals surface area (Å²) in [7, 11) is 0. The minimum Gasteiger partial charge on any atom is -0.457 e. The van der Waals surface area contributed by atoms with Crippen LogP contribution in [0.5, 0.6) is 11.5 Å². The number of ether oxygens (including phenoxy) is 1. The lowest BCUT2D eigenvalue weighted by Gasteiger charge is -2.17. The topological polar surface area (TPSA) is 101 Å². The molecule has 190 valence electrons. The van der Waals surface area contributed by atoms with Crippen LogP contribution >= 0.6 is 0 Å². The summed E-state index contributed by atoms with van der Waals surface area (Å²) in [6.45, 7) is 1.79. The fourth-order valence-corrected chi connectivity index (χ4v) is 4.81. The lowest BCUT2D eigenvalue weighted by molar-refractivity contribution is 0.0923. The monoisotopic (exact) mass is 516 g/mol. The number of carbonyl (C=O) groups is 5. The summed E-state index contributed by atoms with van der Waals surface area (Å²) in [6.07, 6.45) is 0.761. The molecule has 2 heterocycles. The van der Waals surface area contributed by atoms with E-state index in [4.69, 9.17) is 4.74 Å². The van der Waals surface area contributed by atoms with Gasteiger partial charge in [-0.15, -0.1) is 0 Å². The molecule has 0 atom stereocenters. The number of carbonyl (C=O) groups excluding carboxylic acids is 5. The minimum atomic E-state index is -0.483. The fraction of sp³-hybridized carbons (Fsp3) is 0.0645. The number of hydrogen-bond donors (Lipinski definition) is 0. The van der Waals surface area contributed by atoms with Crippen LogP contribution in [0.4, 0.5) is 11.4 Å². The van der Waals surface area contributed by atoms with Crippen LogP contribution in [0.2, 0.25) is 0 Å². The Bertz CT molecular complexity index is 1710. The number of nitrogens with zero attached hydrogens (tertiary/aromatic N) is 2. The van der Waals surface area contributed by atoms with Crippen LogP contribution in [-0.4, -0.2) is 29.8 Å². The molecule has 0 unspecified atom stereocenters. The number of Topliss-reactive ketones (excluding diaryl/α,β-unsaturated/α-hetero) is 1. The van der Waals surface area contributed by atoms with Crippen LogP contribution in [0.1, 0.15) is 64.3 Å². The van der Waals surface area contributed by atoms with E-state index >= 15 is 0 Å². The van der Waals surface area contributed by atoms with E-state index in [0.29, 0.717) is 46.1 Å². The normalized spacial score (nSPS) is 13.9. The molecule has 0 aliphatic carbocycles. The third kappa shape index (κ3) is 4.08. The number of hydrogen-bond acceptors (Lipinski definition) is 6. The average molecular weight is 517 g/mol. The summed E-state index contributed by atoms with van der Waals surface area (Å²) in [6, 6.07) is 23.1. The third-order valence-electron chi connectivity index (χ3n) is 6.84. The molecular formula is C31H20N2O6. The first-order valence-corrected chi connectivity index (χ1v) is 12.2. The number of rotatable bonds is 6. The molecule has 6 rings (SSSR count). The van der Waals surface area contributed by atoms with Crippen molar-refractivity contribution in [3.8, 4) is 11.5 Å². The van der Waals surface area contributed by atoms with Crippen molar-refractivity contribution >= 4 is 41.2 Å². The van der Waals surface area contributed by atoms with E-state index in [9.17, 15) is 24.0 Å². The Hall–Kier alpha value is -5.37. The largest absolute Gasteiger partial charge is 0.457 e. The lowest BCUT2D eigenvalue weighted by Crippen LogP contribution is -2.29. The lowest BCUT2D eigenvalue weighted by atomic mass is 10.0. The molecule has 2 aliphatic heterocycles. The van der Waals surface area contributed by atoms with Gasteiger partial charge < -0.3 is 9.64 Å². The van der Waals surface area contributed by atoms with Crippen LogP contribution in [-0.2, 0) is 6.54 Å². The Kier molecular flexibility index (Phi) is 5.65. The van der Waals surface area contributed by atoms with Crippen LogP contribution in [0.25, 0.3) is 0 Å². The molecular weight excluding hydrogens is 496 g/mol. The number of fused-ring (bicyclic) bond motifs is 2. The molecule has 8 nitrogen and oxygen atoms in total. The van der Waals surface area contributed by atoms with Crippen LogP contribution < -0.4 is 14.5 Å². The Labute approximate surface area is 223 Å². The summed E-state index contributed by atoms with van der Waals surface area (Å²) in [5.74, 6) is -0.211. The Morgan fingerprint density at radius 1 is 0.718 bits per heavy atom. The molecule has 3 amide bonds. The third-order valence-corrected chi connectivity index (χ3v) is 6.84. The second-order valence-corrected chi connectivity index (χ2v) is 9.28. The van der Waals surface area contributed by atoms with E-state index < -0.39 is 11.8 Å². The number of imide groups is 1. The van der Waals surface area contributed by atoms with E-state index in [-0.39, 0.29) is 22.8 Å². The molecule has 0 saturated heterocycles. The van der Waals surface area contributed by atoms with Gasteiger partial charge in [0.25, 0.3) is 17.7 Å². The second-order valence-electron chi connectivity index (χ2n) is 9.28. The molecule has 0 saturated carbocycles. The average Bonchev–Trinajstić information content (AvgIpc) is 3.41. The van der Waals surface area contributed by atoms with Gasteiger partial charge in [-0.05, 0) is 85.3 Å².